The molecule has 5 heteroatoms. The molecule has 0 aliphatic carbocycles. The largest absolute Gasteiger partial charge is 0.340 e. The first kappa shape index (κ1) is 27.2. The van der Waals surface area contributed by atoms with Crippen LogP contribution in [0, 0.1) is 0 Å². The van der Waals surface area contributed by atoms with Crippen LogP contribution in [0.5, 0.6) is 0 Å². The van der Waals surface area contributed by atoms with E-state index in [2.05, 4.69) is 162 Å². The zero-order chi connectivity index (χ0) is 32.1. The lowest BCUT2D eigenvalue weighted by molar-refractivity contribution is 0.874. The van der Waals surface area contributed by atoms with Gasteiger partial charge in [-0.05, 0) is 60.2 Å². The first-order chi connectivity index (χ1) is 24.3. The molecule has 7 aromatic carbocycles. The molecule has 3 aromatic heterocycles. The zero-order valence-corrected chi connectivity index (χ0v) is 27.9. The van der Waals surface area contributed by atoms with E-state index in [1.807, 2.05) is 22.7 Å². The minimum absolute atomic E-state index is 0.110. The normalized spacial score (nSPS) is 14.6. The number of hydrogen-bond donors (Lipinski definition) is 1. The number of amidine groups is 1. The molecular formula is C44H27N3S2. The molecule has 0 saturated heterocycles. The molecule has 11 rings (SSSR count). The molecule has 1 aliphatic heterocycles. The second kappa shape index (κ2) is 10.4. The maximum atomic E-state index is 5.45. The fraction of sp³-hybridized carbons (Fsp3) is 0.0227. The molecule has 49 heavy (non-hydrogen) atoms. The third kappa shape index (κ3) is 3.97. The maximum absolute atomic E-state index is 5.45. The first-order valence-corrected chi connectivity index (χ1v) is 18.2. The van der Waals surface area contributed by atoms with Gasteiger partial charge < -0.3 is 9.88 Å². The highest BCUT2D eigenvalue weighted by atomic mass is 32.1. The van der Waals surface area contributed by atoms with Gasteiger partial charge in [-0.25, -0.2) is 0 Å². The van der Waals surface area contributed by atoms with Crippen LogP contribution in [0.2, 0.25) is 0 Å². The fourth-order valence-corrected chi connectivity index (χ4v) is 10.2. The van der Waals surface area contributed by atoms with Gasteiger partial charge in [-0.1, -0.05) is 97.1 Å². The van der Waals surface area contributed by atoms with Crippen LogP contribution < -0.4 is 5.32 Å². The Morgan fingerprint density at radius 2 is 1.20 bits per heavy atom. The van der Waals surface area contributed by atoms with Crippen molar-refractivity contribution in [2.45, 2.75) is 6.04 Å². The van der Waals surface area contributed by atoms with Crippen LogP contribution in [0.1, 0.15) is 22.7 Å². The van der Waals surface area contributed by atoms with Gasteiger partial charge in [0, 0.05) is 73.6 Å². The Bertz CT molecular complexity index is 2980. The van der Waals surface area contributed by atoms with Crippen molar-refractivity contribution in [2.75, 3.05) is 5.32 Å². The van der Waals surface area contributed by atoms with E-state index in [0.717, 1.165) is 22.8 Å². The predicted octanol–water partition coefficient (Wildman–Crippen LogP) is 12.5. The third-order valence-electron chi connectivity index (χ3n) is 10.1. The molecule has 10 aromatic rings. The number of nitrogens with one attached hydrogen (secondary N) is 1. The number of aromatic nitrogens is 1. The summed E-state index contributed by atoms with van der Waals surface area (Å²) in [6.45, 7) is 0. The first-order valence-electron chi connectivity index (χ1n) is 16.6. The molecule has 1 aliphatic rings. The number of para-hydroxylation sites is 2. The Morgan fingerprint density at radius 1 is 0.510 bits per heavy atom. The summed E-state index contributed by atoms with van der Waals surface area (Å²) >= 11 is 3.74. The molecule has 1 unspecified atom stereocenters. The van der Waals surface area contributed by atoms with Crippen molar-refractivity contribution in [2.24, 2.45) is 4.99 Å². The van der Waals surface area contributed by atoms with Gasteiger partial charge in [-0.3, -0.25) is 4.99 Å². The van der Waals surface area contributed by atoms with Gasteiger partial charge in [-0.15, -0.1) is 22.7 Å². The van der Waals surface area contributed by atoms with Gasteiger partial charge in [0.1, 0.15) is 11.9 Å². The summed E-state index contributed by atoms with van der Waals surface area (Å²) in [4.78, 5) is 5.45. The molecule has 0 radical (unpaired) electrons. The SMILES string of the molecule is c1ccc2c(c1)NC(c1ccc(-n3c4ccccc4c4ccc5sc6ccccc6c5c43)cc1)=NC2c1cccc2c1sc1ccccc12. The highest BCUT2D eigenvalue weighted by Crippen LogP contribution is 2.45. The van der Waals surface area contributed by atoms with Gasteiger partial charge in [0.15, 0.2) is 0 Å². The van der Waals surface area contributed by atoms with Crippen molar-refractivity contribution in [1.29, 1.82) is 0 Å². The third-order valence-corrected chi connectivity index (χ3v) is 12.4. The summed E-state index contributed by atoms with van der Waals surface area (Å²) in [5.74, 6) is 0.891. The number of anilines is 1. The van der Waals surface area contributed by atoms with E-state index >= 15 is 0 Å². The van der Waals surface area contributed by atoms with E-state index in [1.165, 1.54) is 73.3 Å². The summed E-state index contributed by atoms with van der Waals surface area (Å²) in [6, 6.07) is 55.0. The number of hydrogen-bond acceptors (Lipinski definition) is 4. The molecule has 1 N–H and O–H groups in total. The second-order valence-electron chi connectivity index (χ2n) is 12.7. The Labute approximate surface area is 290 Å². The zero-order valence-electron chi connectivity index (χ0n) is 26.2. The minimum Gasteiger partial charge on any atom is -0.340 e. The van der Waals surface area contributed by atoms with Crippen molar-refractivity contribution < 1.29 is 0 Å². The summed E-state index contributed by atoms with van der Waals surface area (Å²) < 4.78 is 7.70. The summed E-state index contributed by atoms with van der Waals surface area (Å²) in [6.07, 6.45) is 0. The van der Waals surface area contributed by atoms with Crippen molar-refractivity contribution in [3.05, 3.63) is 168 Å². The smallest absolute Gasteiger partial charge is 0.133 e. The molecule has 4 heterocycles. The fourth-order valence-electron chi connectivity index (χ4n) is 7.88. The summed E-state index contributed by atoms with van der Waals surface area (Å²) in [5, 5.41) is 11.5. The molecule has 1 atom stereocenters. The Balaban J connectivity index is 1.08. The van der Waals surface area contributed by atoms with Crippen molar-refractivity contribution in [1.82, 2.24) is 4.57 Å². The van der Waals surface area contributed by atoms with E-state index in [4.69, 9.17) is 4.99 Å². The van der Waals surface area contributed by atoms with Gasteiger partial charge in [0.2, 0.25) is 0 Å². The van der Waals surface area contributed by atoms with E-state index < -0.39 is 0 Å². The Hall–Kier alpha value is -5.75. The highest BCUT2D eigenvalue weighted by Gasteiger charge is 2.26. The molecule has 0 saturated carbocycles. The molecule has 0 bridgehead atoms. The van der Waals surface area contributed by atoms with Gasteiger partial charge >= 0.3 is 0 Å². The monoisotopic (exact) mass is 661 g/mol. The van der Waals surface area contributed by atoms with Crippen LogP contribution in [0.3, 0.4) is 0 Å². The van der Waals surface area contributed by atoms with Crippen LogP contribution in [0.25, 0.3) is 67.8 Å². The van der Waals surface area contributed by atoms with Gasteiger partial charge in [-0.2, -0.15) is 0 Å². The molecule has 3 nitrogen and oxygen atoms in total. The standard InChI is InChI=1S/C44H27N3S2/c1-5-16-35-32(12-1)41(34-15-9-14-31-29-11-3-7-18-37(29)49-43(31)34)46-44(45-35)26-20-22-27(23-21-26)47-36-17-6-2-10-28(36)30-24-25-39-40(42(30)47)33-13-4-8-19-38(33)48-39/h1-25,41H,(H,45,46). The quantitative estimate of drug-likeness (QED) is 0.201. The van der Waals surface area contributed by atoms with Crippen molar-refractivity contribution >= 4 is 96.3 Å². The van der Waals surface area contributed by atoms with E-state index in [0.29, 0.717) is 0 Å². The molecule has 0 fully saturated rings. The lowest BCUT2D eigenvalue weighted by Crippen LogP contribution is -2.22. The molecule has 0 amide bonds. The van der Waals surface area contributed by atoms with Crippen LogP contribution in [-0.2, 0) is 0 Å². The highest BCUT2D eigenvalue weighted by molar-refractivity contribution is 7.26. The van der Waals surface area contributed by atoms with Crippen LogP contribution in [0.15, 0.2) is 157 Å². The molecule has 230 valence electrons. The Kier molecular flexibility index (Phi) is 5.76. The summed E-state index contributed by atoms with van der Waals surface area (Å²) in [5.41, 5.74) is 8.24. The number of thiophene rings is 2. The van der Waals surface area contributed by atoms with Crippen LogP contribution in [-0.4, -0.2) is 10.4 Å². The minimum atomic E-state index is -0.110. The number of fused-ring (bicyclic) bond motifs is 11. The Morgan fingerprint density at radius 3 is 2.08 bits per heavy atom. The predicted molar refractivity (Wildman–Crippen MR) is 211 cm³/mol. The van der Waals surface area contributed by atoms with Crippen molar-refractivity contribution in [3.8, 4) is 5.69 Å². The van der Waals surface area contributed by atoms with Crippen molar-refractivity contribution in [3.63, 3.8) is 0 Å². The number of rotatable bonds is 3. The van der Waals surface area contributed by atoms with E-state index in [1.54, 1.807) is 0 Å². The number of aliphatic imine (C=N–C) groups is 1. The lowest BCUT2D eigenvalue weighted by Gasteiger charge is -2.26. The maximum Gasteiger partial charge on any atom is 0.133 e. The van der Waals surface area contributed by atoms with E-state index in [-0.39, 0.29) is 6.04 Å². The lowest BCUT2D eigenvalue weighted by atomic mass is 9.94. The van der Waals surface area contributed by atoms with Crippen LogP contribution in [0.4, 0.5) is 5.69 Å². The van der Waals surface area contributed by atoms with Gasteiger partial charge in [0.05, 0.1) is 11.0 Å². The summed E-state index contributed by atoms with van der Waals surface area (Å²) in [7, 11) is 0. The average molecular weight is 662 g/mol. The second-order valence-corrected chi connectivity index (χ2v) is 14.9. The number of benzene rings is 7. The molecule has 0 spiro atoms. The number of nitrogens with zero attached hydrogens (tertiary/aromatic N) is 2. The topological polar surface area (TPSA) is 29.3 Å². The van der Waals surface area contributed by atoms with Gasteiger partial charge in [0.25, 0.3) is 0 Å². The van der Waals surface area contributed by atoms with Crippen LogP contribution >= 0.6 is 22.7 Å². The van der Waals surface area contributed by atoms with E-state index in [9.17, 15) is 0 Å². The average Bonchev–Trinajstić information content (AvgIpc) is 3.84. The molecular weight excluding hydrogens is 635 g/mol.